The van der Waals surface area contributed by atoms with E-state index >= 15 is 0 Å². The predicted octanol–water partition coefficient (Wildman–Crippen LogP) is 3.69. The van der Waals surface area contributed by atoms with Crippen molar-refractivity contribution in [3.8, 4) is 11.8 Å². The van der Waals surface area contributed by atoms with Crippen molar-refractivity contribution in [2.75, 3.05) is 0 Å². The molecule has 0 spiro atoms. The van der Waals surface area contributed by atoms with E-state index in [2.05, 4.69) is 11.8 Å². The van der Waals surface area contributed by atoms with Gasteiger partial charge in [-0.3, -0.25) is 0 Å². The van der Waals surface area contributed by atoms with E-state index in [1.807, 2.05) is 37.3 Å². The van der Waals surface area contributed by atoms with E-state index in [4.69, 9.17) is 0 Å². The number of hydrogen-bond donors (Lipinski definition) is 1. The Labute approximate surface area is 106 Å². The van der Waals surface area contributed by atoms with Gasteiger partial charge in [0.25, 0.3) is 0 Å². The largest absolute Gasteiger partial charge is 0.478 e. The summed E-state index contributed by atoms with van der Waals surface area (Å²) in [5, 5.41) is 11.0. The quantitative estimate of drug-likeness (QED) is 0.810. The molecule has 0 amide bonds. The van der Waals surface area contributed by atoms with E-state index < -0.39 is 5.97 Å². The topological polar surface area (TPSA) is 37.3 Å². The maximum Gasteiger partial charge on any atom is 0.337 e. The van der Waals surface area contributed by atoms with Crippen LogP contribution in [0.2, 0.25) is 0 Å². The Morgan fingerprint density at radius 3 is 2.72 bits per heavy atom. The molecule has 0 fully saturated rings. The highest BCUT2D eigenvalue weighted by molar-refractivity contribution is 6.05. The minimum Gasteiger partial charge on any atom is -0.478 e. The first kappa shape index (κ1) is 12.2. The van der Waals surface area contributed by atoms with Crippen LogP contribution in [0, 0.1) is 11.8 Å². The van der Waals surface area contributed by atoms with Crippen LogP contribution in [0.3, 0.4) is 0 Å². The predicted molar refractivity (Wildman–Crippen MR) is 72.7 cm³/mol. The molecular formula is C16H14O2. The molecule has 2 heteroatoms. The molecule has 0 aromatic heterocycles. The molecule has 2 aromatic rings. The standard InChI is InChI=1S/C16H14O2/c1-2-3-4-8-13-11-10-12-7-5-6-9-14(12)15(13)16(17)18/h5-7,9-11H,2-3H2,1H3,(H,17,18). The number of benzene rings is 2. The van der Waals surface area contributed by atoms with Crippen molar-refractivity contribution in [1.29, 1.82) is 0 Å². The number of carbonyl (C=O) groups is 1. The summed E-state index contributed by atoms with van der Waals surface area (Å²) in [6.45, 7) is 2.05. The van der Waals surface area contributed by atoms with Gasteiger partial charge in [-0.25, -0.2) is 4.79 Å². The molecule has 0 unspecified atom stereocenters. The molecule has 0 aliphatic rings. The number of fused-ring (bicyclic) bond motifs is 1. The highest BCUT2D eigenvalue weighted by Gasteiger charge is 2.12. The molecule has 0 aliphatic heterocycles. The minimum atomic E-state index is -0.924. The average Bonchev–Trinajstić information content (AvgIpc) is 2.38. The van der Waals surface area contributed by atoms with Gasteiger partial charge < -0.3 is 5.11 Å². The lowest BCUT2D eigenvalue weighted by Gasteiger charge is -2.04. The molecule has 0 bridgehead atoms. The van der Waals surface area contributed by atoms with Gasteiger partial charge >= 0.3 is 5.97 Å². The van der Waals surface area contributed by atoms with Gasteiger partial charge in [-0.2, -0.15) is 0 Å². The first-order valence-corrected chi connectivity index (χ1v) is 5.98. The van der Waals surface area contributed by atoms with Gasteiger partial charge in [0.15, 0.2) is 0 Å². The summed E-state index contributed by atoms with van der Waals surface area (Å²) in [7, 11) is 0. The summed E-state index contributed by atoms with van der Waals surface area (Å²) in [4.78, 5) is 11.4. The third-order valence-electron chi connectivity index (χ3n) is 2.74. The zero-order chi connectivity index (χ0) is 13.0. The Morgan fingerprint density at radius 1 is 1.22 bits per heavy atom. The third kappa shape index (κ3) is 2.36. The maximum absolute atomic E-state index is 11.4. The van der Waals surface area contributed by atoms with Crippen molar-refractivity contribution in [3.63, 3.8) is 0 Å². The highest BCUT2D eigenvalue weighted by Crippen LogP contribution is 2.22. The van der Waals surface area contributed by atoms with E-state index in [0.29, 0.717) is 11.1 Å². The normalized spacial score (nSPS) is 9.83. The number of hydrogen-bond acceptors (Lipinski definition) is 1. The van der Waals surface area contributed by atoms with Crippen LogP contribution in [-0.2, 0) is 0 Å². The van der Waals surface area contributed by atoms with Crippen molar-refractivity contribution in [1.82, 2.24) is 0 Å². The molecule has 2 rings (SSSR count). The average molecular weight is 238 g/mol. The lowest BCUT2D eigenvalue weighted by Crippen LogP contribution is -2.01. The highest BCUT2D eigenvalue weighted by atomic mass is 16.4. The number of rotatable bonds is 2. The number of carboxylic acid groups (broad SMARTS) is 1. The number of carboxylic acids is 1. The van der Waals surface area contributed by atoms with Gasteiger partial charge in [0.05, 0.1) is 5.56 Å². The van der Waals surface area contributed by atoms with Gasteiger partial charge in [-0.05, 0) is 23.3 Å². The van der Waals surface area contributed by atoms with Gasteiger partial charge in [-0.1, -0.05) is 49.1 Å². The maximum atomic E-state index is 11.4. The molecular weight excluding hydrogens is 224 g/mol. The zero-order valence-corrected chi connectivity index (χ0v) is 10.2. The minimum absolute atomic E-state index is 0.303. The summed E-state index contributed by atoms with van der Waals surface area (Å²) < 4.78 is 0. The molecule has 90 valence electrons. The summed E-state index contributed by atoms with van der Waals surface area (Å²) >= 11 is 0. The van der Waals surface area contributed by atoms with Crippen molar-refractivity contribution in [2.24, 2.45) is 0 Å². The summed E-state index contributed by atoms with van der Waals surface area (Å²) in [6, 6.07) is 11.2. The molecule has 0 radical (unpaired) electrons. The van der Waals surface area contributed by atoms with Gasteiger partial charge in [0, 0.05) is 12.0 Å². The number of aromatic carboxylic acids is 1. The monoisotopic (exact) mass is 238 g/mol. The second-order valence-corrected chi connectivity index (χ2v) is 4.07. The summed E-state index contributed by atoms with van der Waals surface area (Å²) in [6.07, 6.45) is 1.76. The van der Waals surface area contributed by atoms with Crippen LogP contribution in [0.1, 0.15) is 35.7 Å². The lowest BCUT2D eigenvalue weighted by molar-refractivity contribution is 0.0699. The summed E-state index contributed by atoms with van der Waals surface area (Å²) in [5.74, 6) is 5.03. The zero-order valence-electron chi connectivity index (χ0n) is 10.2. The van der Waals surface area contributed by atoms with Crippen molar-refractivity contribution >= 4 is 16.7 Å². The lowest BCUT2D eigenvalue weighted by atomic mass is 9.99. The third-order valence-corrected chi connectivity index (χ3v) is 2.74. The molecule has 0 aliphatic carbocycles. The van der Waals surface area contributed by atoms with Crippen LogP contribution in [-0.4, -0.2) is 11.1 Å². The van der Waals surface area contributed by atoms with E-state index in [1.54, 1.807) is 6.07 Å². The van der Waals surface area contributed by atoms with Crippen LogP contribution < -0.4 is 0 Å². The van der Waals surface area contributed by atoms with Crippen molar-refractivity contribution < 1.29 is 9.90 Å². The molecule has 0 atom stereocenters. The molecule has 0 saturated heterocycles. The molecule has 2 aromatic carbocycles. The Bertz CT molecular complexity index is 645. The Kier molecular flexibility index (Phi) is 3.64. The molecule has 2 nitrogen and oxygen atoms in total. The van der Waals surface area contributed by atoms with E-state index in [0.717, 1.165) is 23.6 Å². The Morgan fingerprint density at radius 2 is 2.00 bits per heavy atom. The second kappa shape index (κ2) is 5.37. The van der Waals surface area contributed by atoms with E-state index in [9.17, 15) is 9.90 Å². The van der Waals surface area contributed by atoms with Crippen LogP contribution in [0.25, 0.3) is 10.8 Å². The fourth-order valence-electron chi connectivity index (χ4n) is 1.89. The van der Waals surface area contributed by atoms with Gasteiger partial charge in [0.1, 0.15) is 0 Å². The Balaban J connectivity index is 2.64. The van der Waals surface area contributed by atoms with Crippen LogP contribution in [0.5, 0.6) is 0 Å². The SMILES string of the molecule is CCCC#Cc1ccc2ccccc2c1C(=O)O. The van der Waals surface area contributed by atoms with Gasteiger partial charge in [0.2, 0.25) is 0 Å². The van der Waals surface area contributed by atoms with Crippen molar-refractivity contribution in [3.05, 3.63) is 47.5 Å². The molecule has 1 N–H and O–H groups in total. The number of unbranched alkanes of at least 4 members (excludes halogenated alkanes) is 1. The second-order valence-electron chi connectivity index (χ2n) is 4.07. The van der Waals surface area contributed by atoms with E-state index in [1.165, 1.54) is 0 Å². The van der Waals surface area contributed by atoms with E-state index in [-0.39, 0.29) is 0 Å². The fourth-order valence-corrected chi connectivity index (χ4v) is 1.89. The molecule has 18 heavy (non-hydrogen) atoms. The molecule has 0 heterocycles. The Hall–Kier alpha value is -2.27. The first-order chi connectivity index (χ1) is 8.74. The fraction of sp³-hybridized carbons (Fsp3) is 0.188. The van der Waals surface area contributed by atoms with Crippen LogP contribution >= 0.6 is 0 Å². The van der Waals surface area contributed by atoms with Crippen LogP contribution in [0.15, 0.2) is 36.4 Å². The first-order valence-electron chi connectivity index (χ1n) is 5.98. The van der Waals surface area contributed by atoms with Crippen LogP contribution in [0.4, 0.5) is 0 Å². The molecule has 0 saturated carbocycles. The van der Waals surface area contributed by atoms with Gasteiger partial charge in [-0.15, -0.1) is 0 Å². The van der Waals surface area contributed by atoms with Crippen molar-refractivity contribution in [2.45, 2.75) is 19.8 Å². The smallest absolute Gasteiger partial charge is 0.337 e. The summed E-state index contributed by atoms with van der Waals surface area (Å²) in [5.41, 5.74) is 0.895.